The SMILES string of the molecule is C[C@H]1CNCC[C@H]1NC1CSCCSC1.Cl.Cl. The maximum absolute atomic E-state index is 3.87. The van der Waals surface area contributed by atoms with E-state index in [0.717, 1.165) is 18.0 Å². The molecule has 2 heterocycles. The van der Waals surface area contributed by atoms with E-state index < -0.39 is 0 Å². The molecule has 2 aliphatic heterocycles. The molecule has 0 saturated carbocycles. The summed E-state index contributed by atoms with van der Waals surface area (Å²) in [6, 6.07) is 1.49. The van der Waals surface area contributed by atoms with Crippen molar-refractivity contribution in [2.75, 3.05) is 36.1 Å². The van der Waals surface area contributed by atoms with Gasteiger partial charge in [-0.3, -0.25) is 0 Å². The van der Waals surface area contributed by atoms with Crippen LogP contribution in [0.3, 0.4) is 0 Å². The van der Waals surface area contributed by atoms with Crippen LogP contribution in [0.1, 0.15) is 13.3 Å². The zero-order chi connectivity index (χ0) is 10.5. The second-order valence-electron chi connectivity index (χ2n) is 4.59. The lowest BCUT2D eigenvalue weighted by atomic mass is 9.95. The molecule has 0 aromatic heterocycles. The van der Waals surface area contributed by atoms with Gasteiger partial charge in [-0.15, -0.1) is 24.8 Å². The molecule has 0 amide bonds. The molecule has 0 unspecified atom stereocenters. The van der Waals surface area contributed by atoms with Crippen molar-refractivity contribution in [3.05, 3.63) is 0 Å². The van der Waals surface area contributed by atoms with Gasteiger partial charge in [0.15, 0.2) is 0 Å². The molecule has 0 radical (unpaired) electrons. The average Bonchev–Trinajstić information content (AvgIpc) is 2.50. The molecule has 0 spiro atoms. The molecule has 104 valence electrons. The molecular weight excluding hydrogens is 295 g/mol. The van der Waals surface area contributed by atoms with E-state index in [1.54, 1.807) is 0 Å². The number of rotatable bonds is 2. The number of nitrogens with one attached hydrogen (secondary N) is 2. The summed E-state index contributed by atoms with van der Waals surface area (Å²) in [5.74, 6) is 6.08. The zero-order valence-electron chi connectivity index (χ0n) is 10.3. The summed E-state index contributed by atoms with van der Waals surface area (Å²) in [5.41, 5.74) is 0. The van der Waals surface area contributed by atoms with E-state index in [0.29, 0.717) is 0 Å². The highest BCUT2D eigenvalue weighted by atomic mass is 35.5. The van der Waals surface area contributed by atoms with Crippen LogP contribution >= 0.6 is 48.3 Å². The molecule has 6 heteroatoms. The Morgan fingerprint density at radius 2 is 1.76 bits per heavy atom. The number of hydrogen-bond donors (Lipinski definition) is 2. The first-order chi connectivity index (χ1) is 7.36. The molecule has 2 saturated heterocycles. The molecule has 17 heavy (non-hydrogen) atoms. The summed E-state index contributed by atoms with van der Waals surface area (Å²) in [4.78, 5) is 0. The van der Waals surface area contributed by atoms with Gasteiger partial charge in [0.25, 0.3) is 0 Å². The molecular formula is C11H24Cl2N2S2. The van der Waals surface area contributed by atoms with Crippen LogP contribution in [0.4, 0.5) is 0 Å². The summed E-state index contributed by atoms with van der Waals surface area (Å²) in [6.07, 6.45) is 1.30. The van der Waals surface area contributed by atoms with Crippen LogP contribution in [0.25, 0.3) is 0 Å². The van der Waals surface area contributed by atoms with Crippen molar-refractivity contribution in [2.45, 2.75) is 25.4 Å². The third-order valence-corrected chi connectivity index (χ3v) is 5.77. The van der Waals surface area contributed by atoms with Crippen molar-refractivity contribution in [1.82, 2.24) is 10.6 Å². The van der Waals surface area contributed by atoms with E-state index >= 15 is 0 Å². The molecule has 2 nitrogen and oxygen atoms in total. The quantitative estimate of drug-likeness (QED) is 0.815. The van der Waals surface area contributed by atoms with Gasteiger partial charge >= 0.3 is 0 Å². The van der Waals surface area contributed by atoms with Gasteiger partial charge in [-0.1, -0.05) is 6.92 Å². The summed E-state index contributed by atoms with van der Waals surface area (Å²) in [6.45, 7) is 4.74. The van der Waals surface area contributed by atoms with E-state index in [2.05, 4.69) is 41.1 Å². The molecule has 0 aliphatic carbocycles. The van der Waals surface area contributed by atoms with Gasteiger partial charge in [0.2, 0.25) is 0 Å². The Balaban J connectivity index is 0.00000128. The van der Waals surface area contributed by atoms with Gasteiger partial charge in [0.1, 0.15) is 0 Å². The minimum absolute atomic E-state index is 0. The highest BCUT2D eigenvalue weighted by molar-refractivity contribution is 8.03. The lowest BCUT2D eigenvalue weighted by molar-refractivity contribution is 0.284. The standard InChI is InChI=1S/C11H22N2S2.2ClH/c1-9-6-12-3-2-11(9)13-10-7-14-4-5-15-8-10;;/h9-13H,2-8H2,1H3;2*1H/t9-,11+;;/m0../s1. The third kappa shape index (κ3) is 6.26. The van der Waals surface area contributed by atoms with Crippen molar-refractivity contribution in [1.29, 1.82) is 0 Å². The van der Waals surface area contributed by atoms with Crippen LogP contribution in [-0.4, -0.2) is 48.2 Å². The fraction of sp³-hybridized carbons (Fsp3) is 1.00. The first-order valence-corrected chi connectivity index (χ1v) is 8.29. The summed E-state index contributed by atoms with van der Waals surface area (Å²) in [5, 5.41) is 7.33. The topological polar surface area (TPSA) is 24.1 Å². The fourth-order valence-corrected chi connectivity index (χ4v) is 4.70. The Hall–Kier alpha value is 1.20. The van der Waals surface area contributed by atoms with Crippen molar-refractivity contribution >= 4 is 48.3 Å². The van der Waals surface area contributed by atoms with Crippen molar-refractivity contribution < 1.29 is 0 Å². The minimum Gasteiger partial charge on any atom is -0.316 e. The second kappa shape index (κ2) is 10.0. The summed E-state index contributed by atoms with van der Waals surface area (Å²) >= 11 is 4.23. The number of halogens is 2. The van der Waals surface area contributed by atoms with Crippen LogP contribution in [0.15, 0.2) is 0 Å². The van der Waals surface area contributed by atoms with Crippen LogP contribution in [0, 0.1) is 5.92 Å². The van der Waals surface area contributed by atoms with Crippen molar-refractivity contribution in [3.8, 4) is 0 Å². The highest BCUT2D eigenvalue weighted by Gasteiger charge is 2.24. The van der Waals surface area contributed by atoms with Crippen molar-refractivity contribution in [2.24, 2.45) is 5.92 Å². The Labute approximate surface area is 126 Å². The summed E-state index contributed by atoms with van der Waals surface area (Å²) < 4.78 is 0. The molecule has 2 aliphatic rings. The lowest BCUT2D eigenvalue weighted by Gasteiger charge is -2.33. The first-order valence-electron chi connectivity index (χ1n) is 5.98. The predicted molar refractivity (Wildman–Crippen MR) is 86.5 cm³/mol. The Bertz CT molecular complexity index is 190. The molecule has 0 aromatic rings. The molecule has 2 atom stereocenters. The first kappa shape index (κ1) is 18.2. The molecule has 0 aromatic carbocycles. The lowest BCUT2D eigenvalue weighted by Crippen LogP contribution is -2.51. The maximum atomic E-state index is 3.87. The molecule has 2 rings (SSSR count). The van der Waals surface area contributed by atoms with Crippen LogP contribution in [-0.2, 0) is 0 Å². The van der Waals surface area contributed by atoms with Gasteiger partial charge in [0.05, 0.1) is 0 Å². The van der Waals surface area contributed by atoms with Gasteiger partial charge in [0, 0.05) is 35.1 Å². The molecule has 2 fully saturated rings. The smallest absolute Gasteiger partial charge is 0.0251 e. The van der Waals surface area contributed by atoms with E-state index in [1.807, 2.05) is 0 Å². The van der Waals surface area contributed by atoms with E-state index in [4.69, 9.17) is 0 Å². The molecule has 0 bridgehead atoms. The summed E-state index contributed by atoms with van der Waals surface area (Å²) in [7, 11) is 0. The van der Waals surface area contributed by atoms with E-state index in [9.17, 15) is 0 Å². The fourth-order valence-electron chi connectivity index (χ4n) is 2.28. The predicted octanol–water partition coefficient (Wildman–Crippen LogP) is 2.27. The van der Waals surface area contributed by atoms with Gasteiger partial charge in [-0.05, 0) is 25.4 Å². The average molecular weight is 319 g/mol. The Morgan fingerprint density at radius 1 is 1.12 bits per heavy atom. The minimum atomic E-state index is 0. The monoisotopic (exact) mass is 318 g/mol. The maximum Gasteiger partial charge on any atom is 0.0251 e. The van der Waals surface area contributed by atoms with Crippen LogP contribution in [0.5, 0.6) is 0 Å². The second-order valence-corrected chi connectivity index (χ2v) is 6.89. The largest absolute Gasteiger partial charge is 0.316 e. The third-order valence-electron chi connectivity index (χ3n) is 3.25. The van der Waals surface area contributed by atoms with E-state index in [1.165, 1.54) is 42.5 Å². The normalized spacial score (nSPS) is 30.9. The van der Waals surface area contributed by atoms with E-state index in [-0.39, 0.29) is 24.8 Å². The number of hydrogen-bond acceptors (Lipinski definition) is 4. The Morgan fingerprint density at radius 3 is 2.35 bits per heavy atom. The van der Waals surface area contributed by atoms with Gasteiger partial charge < -0.3 is 10.6 Å². The Kier molecular flexibility index (Phi) is 10.8. The van der Waals surface area contributed by atoms with Gasteiger partial charge in [-0.25, -0.2) is 0 Å². The van der Waals surface area contributed by atoms with Gasteiger partial charge in [-0.2, -0.15) is 23.5 Å². The van der Waals surface area contributed by atoms with Crippen LogP contribution < -0.4 is 10.6 Å². The number of thioether (sulfide) groups is 2. The highest BCUT2D eigenvalue weighted by Crippen LogP contribution is 2.19. The molecule has 2 N–H and O–H groups in total. The number of piperidine rings is 1. The van der Waals surface area contributed by atoms with Crippen molar-refractivity contribution in [3.63, 3.8) is 0 Å². The zero-order valence-corrected chi connectivity index (χ0v) is 13.6. The van der Waals surface area contributed by atoms with Crippen LogP contribution in [0.2, 0.25) is 0 Å².